The van der Waals surface area contributed by atoms with Crippen LogP contribution in [0, 0.1) is 0 Å². The van der Waals surface area contributed by atoms with Gasteiger partial charge in [-0.1, -0.05) is 0 Å². The topological polar surface area (TPSA) is 53.0 Å². The van der Waals surface area contributed by atoms with Crippen LogP contribution in [-0.2, 0) is 0 Å². The average Bonchev–Trinajstić information content (AvgIpc) is 2.07. The predicted octanol–water partition coefficient (Wildman–Crippen LogP) is -2.86. The zero-order valence-electron chi connectivity index (χ0n) is 6.73. The van der Waals surface area contributed by atoms with E-state index in [9.17, 15) is 9.90 Å². The van der Waals surface area contributed by atoms with Gasteiger partial charge in [-0.15, -0.1) is 6.26 Å². The number of hydrogen-bond acceptors (Lipinski definition) is 3. The summed E-state index contributed by atoms with van der Waals surface area (Å²) in [5, 5.41) is 9.89. The van der Waals surface area contributed by atoms with Crippen molar-refractivity contribution >= 4 is 5.78 Å². The minimum atomic E-state index is -0.312. The van der Waals surface area contributed by atoms with Gasteiger partial charge in [-0.3, -0.25) is 9.78 Å². The van der Waals surface area contributed by atoms with E-state index in [1.807, 2.05) is 0 Å². The first-order chi connectivity index (χ1) is 5.34. The number of carbonyl (C=O) groups is 1. The monoisotopic (exact) mass is 171 g/mol. The molecule has 1 heterocycles. The summed E-state index contributed by atoms with van der Waals surface area (Å²) in [4.78, 5) is 14.6. The minimum absolute atomic E-state index is 0. The smallest absolute Gasteiger partial charge is 0.878 e. The Bertz CT molecular complexity index is 272. The summed E-state index contributed by atoms with van der Waals surface area (Å²) in [5.41, 5.74) is 0.430. The molecule has 0 saturated heterocycles. The molecule has 0 aliphatic rings. The van der Waals surface area contributed by atoms with Gasteiger partial charge in [0.2, 0.25) is 0 Å². The van der Waals surface area contributed by atoms with E-state index in [0.29, 0.717) is 11.8 Å². The number of nitrogens with zero attached hydrogens (tertiary/aromatic N) is 1. The molecule has 1 rings (SSSR count). The number of aromatic nitrogens is 1. The van der Waals surface area contributed by atoms with Gasteiger partial charge in [0.25, 0.3) is 0 Å². The molecule has 0 saturated carbocycles. The Hall–Kier alpha value is -0.640. The zero-order chi connectivity index (χ0) is 8.10. The van der Waals surface area contributed by atoms with E-state index in [-0.39, 0.29) is 35.3 Å². The molecule has 0 atom stereocenters. The van der Waals surface area contributed by atoms with Crippen molar-refractivity contribution in [3.63, 3.8) is 0 Å². The van der Waals surface area contributed by atoms with Crippen LogP contribution in [0.25, 0.3) is 0 Å². The summed E-state index contributed by atoms with van der Waals surface area (Å²) in [5.74, 6) is -0.312. The molecule has 0 fully saturated rings. The van der Waals surface area contributed by atoms with E-state index in [1.54, 1.807) is 18.3 Å². The van der Waals surface area contributed by atoms with Gasteiger partial charge >= 0.3 is 29.6 Å². The molecule has 0 aliphatic heterocycles. The first kappa shape index (κ1) is 11.4. The average molecular weight is 171 g/mol. The third-order valence-electron chi connectivity index (χ3n) is 1.17. The standard InChI is InChI=1S/C8H7NO2.Na/c10-5-3-8(11)7-2-1-4-9-6-7;/h1-6,10H;/q;+1/p-1. The van der Waals surface area contributed by atoms with Crippen molar-refractivity contribution in [2.45, 2.75) is 0 Å². The van der Waals surface area contributed by atoms with Crippen molar-refractivity contribution in [2.75, 3.05) is 0 Å². The second-order valence-corrected chi connectivity index (χ2v) is 1.91. The Balaban J connectivity index is 0.00000121. The maximum Gasteiger partial charge on any atom is 1.00 e. The Morgan fingerprint density at radius 1 is 1.58 bits per heavy atom. The Kier molecular flexibility index (Phi) is 5.62. The van der Waals surface area contributed by atoms with Crippen molar-refractivity contribution < 1.29 is 39.5 Å². The van der Waals surface area contributed by atoms with Crippen molar-refractivity contribution in [3.8, 4) is 0 Å². The molecule has 0 aliphatic carbocycles. The van der Waals surface area contributed by atoms with E-state index in [4.69, 9.17) is 0 Å². The van der Waals surface area contributed by atoms with E-state index in [1.165, 1.54) is 6.20 Å². The largest absolute Gasteiger partial charge is 1.00 e. The van der Waals surface area contributed by atoms with Crippen LogP contribution in [0.3, 0.4) is 0 Å². The quantitative estimate of drug-likeness (QED) is 0.208. The number of hydrogen-bond donors (Lipinski definition) is 0. The van der Waals surface area contributed by atoms with E-state index in [0.717, 1.165) is 6.08 Å². The molecule has 0 aromatic carbocycles. The SMILES string of the molecule is O=C(C=C[O-])c1cccnc1.[Na+]. The molecule has 1 aromatic rings. The molecule has 0 radical (unpaired) electrons. The van der Waals surface area contributed by atoms with Crippen LogP contribution in [0.2, 0.25) is 0 Å². The van der Waals surface area contributed by atoms with Crippen LogP contribution in [0.15, 0.2) is 36.9 Å². The predicted molar refractivity (Wildman–Crippen MR) is 37.7 cm³/mol. The molecule has 4 heteroatoms. The molecule has 0 spiro atoms. The third kappa shape index (κ3) is 3.17. The maximum absolute atomic E-state index is 10.9. The van der Waals surface area contributed by atoms with Crippen molar-refractivity contribution in [3.05, 3.63) is 42.4 Å². The van der Waals surface area contributed by atoms with Gasteiger partial charge < -0.3 is 5.11 Å². The van der Waals surface area contributed by atoms with Gasteiger partial charge in [0, 0.05) is 18.0 Å². The fourth-order valence-corrected chi connectivity index (χ4v) is 0.667. The van der Waals surface area contributed by atoms with Gasteiger partial charge in [-0.2, -0.15) is 0 Å². The fourth-order valence-electron chi connectivity index (χ4n) is 0.667. The third-order valence-corrected chi connectivity index (χ3v) is 1.17. The minimum Gasteiger partial charge on any atom is -0.878 e. The van der Waals surface area contributed by atoms with Crippen LogP contribution in [-0.4, -0.2) is 10.8 Å². The zero-order valence-corrected chi connectivity index (χ0v) is 8.73. The first-order valence-corrected chi connectivity index (χ1v) is 3.07. The summed E-state index contributed by atoms with van der Waals surface area (Å²) in [7, 11) is 0. The van der Waals surface area contributed by atoms with Gasteiger partial charge in [0.1, 0.15) is 0 Å². The van der Waals surface area contributed by atoms with Gasteiger partial charge in [0.05, 0.1) is 0 Å². The normalized spacial score (nSPS) is 9.33. The van der Waals surface area contributed by atoms with Crippen LogP contribution in [0.4, 0.5) is 0 Å². The van der Waals surface area contributed by atoms with Crippen LogP contribution in [0.5, 0.6) is 0 Å². The van der Waals surface area contributed by atoms with Crippen LogP contribution in [0.1, 0.15) is 10.4 Å². The number of pyridine rings is 1. The van der Waals surface area contributed by atoms with Crippen molar-refractivity contribution in [1.29, 1.82) is 0 Å². The van der Waals surface area contributed by atoms with Crippen LogP contribution < -0.4 is 34.7 Å². The van der Waals surface area contributed by atoms with Crippen molar-refractivity contribution in [1.82, 2.24) is 4.98 Å². The molecule has 0 bridgehead atoms. The summed E-state index contributed by atoms with van der Waals surface area (Å²) in [6, 6.07) is 3.25. The molecular formula is C8H6NNaO2. The van der Waals surface area contributed by atoms with Crippen molar-refractivity contribution in [2.24, 2.45) is 0 Å². The van der Waals surface area contributed by atoms with E-state index < -0.39 is 0 Å². The number of rotatable bonds is 2. The number of carbonyl (C=O) groups excluding carboxylic acids is 1. The molecule has 3 nitrogen and oxygen atoms in total. The maximum atomic E-state index is 10.9. The van der Waals surface area contributed by atoms with Gasteiger partial charge in [0.15, 0.2) is 5.78 Å². The molecule has 0 N–H and O–H groups in total. The van der Waals surface area contributed by atoms with Gasteiger partial charge in [-0.25, -0.2) is 0 Å². The summed E-state index contributed by atoms with van der Waals surface area (Å²) < 4.78 is 0. The summed E-state index contributed by atoms with van der Waals surface area (Å²) in [6.45, 7) is 0. The summed E-state index contributed by atoms with van der Waals surface area (Å²) >= 11 is 0. The Morgan fingerprint density at radius 3 is 2.83 bits per heavy atom. The Morgan fingerprint density at radius 2 is 2.33 bits per heavy atom. The fraction of sp³-hybridized carbons (Fsp3) is 0. The molecule has 56 valence electrons. The first-order valence-electron chi connectivity index (χ1n) is 3.07. The number of allylic oxidation sites excluding steroid dienone is 1. The molecule has 12 heavy (non-hydrogen) atoms. The van der Waals surface area contributed by atoms with Crippen LogP contribution >= 0.6 is 0 Å². The molecule has 1 aromatic heterocycles. The van der Waals surface area contributed by atoms with E-state index >= 15 is 0 Å². The van der Waals surface area contributed by atoms with Gasteiger partial charge in [-0.05, 0) is 18.2 Å². The molecular weight excluding hydrogens is 165 g/mol. The molecule has 0 amide bonds. The molecule has 0 unspecified atom stereocenters. The summed E-state index contributed by atoms with van der Waals surface area (Å²) in [6.07, 6.45) is 4.42. The number of ketones is 1. The second kappa shape index (κ2) is 5.94. The van der Waals surface area contributed by atoms with E-state index in [2.05, 4.69) is 4.98 Å². The Labute approximate surface area is 92.4 Å². The second-order valence-electron chi connectivity index (χ2n) is 1.91.